The first-order valence-electron chi connectivity index (χ1n) is 6.80. The summed E-state index contributed by atoms with van der Waals surface area (Å²) in [5.74, 6) is 1.41. The van der Waals surface area contributed by atoms with Crippen molar-refractivity contribution in [2.24, 2.45) is 0 Å². The van der Waals surface area contributed by atoms with Crippen molar-refractivity contribution in [3.05, 3.63) is 27.7 Å². The molecule has 19 heavy (non-hydrogen) atoms. The molecule has 4 heteroatoms. The first-order chi connectivity index (χ1) is 9.20. The summed E-state index contributed by atoms with van der Waals surface area (Å²) in [4.78, 5) is 0. The van der Waals surface area contributed by atoms with Crippen LogP contribution in [0.3, 0.4) is 0 Å². The van der Waals surface area contributed by atoms with Gasteiger partial charge in [-0.25, -0.2) is 0 Å². The van der Waals surface area contributed by atoms with Crippen LogP contribution in [0.2, 0.25) is 0 Å². The Balaban J connectivity index is 1.84. The van der Waals surface area contributed by atoms with E-state index >= 15 is 0 Å². The van der Waals surface area contributed by atoms with Crippen LogP contribution in [-0.2, 0) is 10.6 Å². The Bertz CT molecular complexity index is 417. The molecular weight excluding hydrogens is 328 g/mol. The van der Waals surface area contributed by atoms with E-state index in [4.69, 9.17) is 21.1 Å². The molecule has 0 aromatic heterocycles. The second-order valence-electron chi connectivity index (χ2n) is 4.97. The van der Waals surface area contributed by atoms with Gasteiger partial charge in [-0.15, -0.1) is 11.6 Å². The molecule has 1 aromatic carbocycles. The van der Waals surface area contributed by atoms with E-state index in [1.54, 1.807) is 0 Å². The van der Waals surface area contributed by atoms with E-state index in [2.05, 4.69) is 28.9 Å². The van der Waals surface area contributed by atoms with Gasteiger partial charge < -0.3 is 9.47 Å². The van der Waals surface area contributed by atoms with Gasteiger partial charge in [0.1, 0.15) is 5.75 Å². The van der Waals surface area contributed by atoms with Gasteiger partial charge in [0.25, 0.3) is 0 Å². The third kappa shape index (κ3) is 4.37. The molecule has 1 saturated heterocycles. The molecule has 1 atom stereocenters. The van der Waals surface area contributed by atoms with Crippen molar-refractivity contribution in [1.82, 2.24) is 0 Å². The van der Waals surface area contributed by atoms with Crippen molar-refractivity contribution >= 4 is 27.5 Å². The van der Waals surface area contributed by atoms with Crippen LogP contribution < -0.4 is 4.74 Å². The molecule has 1 unspecified atom stereocenters. The maximum absolute atomic E-state index is 5.97. The summed E-state index contributed by atoms with van der Waals surface area (Å²) in [7, 11) is 0. The summed E-state index contributed by atoms with van der Waals surface area (Å²) in [5, 5.41) is 0. The Morgan fingerprint density at radius 3 is 3.00 bits per heavy atom. The van der Waals surface area contributed by atoms with Crippen LogP contribution in [0.1, 0.15) is 36.8 Å². The lowest BCUT2D eigenvalue weighted by atomic mass is 10.1. The zero-order valence-electron chi connectivity index (χ0n) is 11.3. The van der Waals surface area contributed by atoms with Gasteiger partial charge >= 0.3 is 0 Å². The van der Waals surface area contributed by atoms with Crippen LogP contribution in [0.4, 0.5) is 0 Å². The largest absolute Gasteiger partial charge is 0.493 e. The number of alkyl halides is 1. The lowest BCUT2D eigenvalue weighted by Crippen LogP contribution is -2.08. The summed E-state index contributed by atoms with van der Waals surface area (Å²) < 4.78 is 12.6. The Morgan fingerprint density at radius 1 is 1.47 bits per heavy atom. The molecule has 0 bridgehead atoms. The average molecular weight is 348 g/mol. The summed E-state index contributed by atoms with van der Waals surface area (Å²) >= 11 is 9.46. The molecule has 1 aliphatic rings. The van der Waals surface area contributed by atoms with Gasteiger partial charge in [-0.05, 0) is 50.3 Å². The van der Waals surface area contributed by atoms with Crippen LogP contribution in [0.15, 0.2) is 16.6 Å². The zero-order chi connectivity index (χ0) is 13.7. The van der Waals surface area contributed by atoms with Gasteiger partial charge in [0, 0.05) is 16.6 Å². The highest BCUT2D eigenvalue weighted by Gasteiger charge is 2.15. The SMILES string of the molecule is Cc1cc(Br)cc(CCl)c1OCCCC1CCCO1. The van der Waals surface area contributed by atoms with Crippen molar-refractivity contribution in [2.45, 2.75) is 44.6 Å². The second-order valence-corrected chi connectivity index (χ2v) is 6.15. The van der Waals surface area contributed by atoms with Gasteiger partial charge in [-0.2, -0.15) is 0 Å². The molecule has 1 heterocycles. The van der Waals surface area contributed by atoms with Crippen LogP contribution in [0.25, 0.3) is 0 Å². The molecule has 0 amide bonds. The van der Waals surface area contributed by atoms with Gasteiger partial charge in [0.2, 0.25) is 0 Å². The van der Waals surface area contributed by atoms with Crippen LogP contribution in [-0.4, -0.2) is 19.3 Å². The quantitative estimate of drug-likeness (QED) is 0.542. The minimum absolute atomic E-state index is 0.446. The van der Waals surface area contributed by atoms with Crippen molar-refractivity contribution in [2.75, 3.05) is 13.2 Å². The summed E-state index contributed by atoms with van der Waals surface area (Å²) in [6.07, 6.45) is 4.97. The Hall–Kier alpha value is -0.250. The van der Waals surface area contributed by atoms with E-state index in [9.17, 15) is 0 Å². The lowest BCUT2D eigenvalue weighted by Gasteiger charge is -2.14. The molecule has 106 valence electrons. The fourth-order valence-electron chi connectivity index (χ4n) is 2.46. The van der Waals surface area contributed by atoms with E-state index in [1.807, 2.05) is 6.07 Å². The molecule has 1 fully saturated rings. The molecule has 0 spiro atoms. The predicted octanol–water partition coefficient (Wildman–Crippen LogP) is 4.83. The number of hydrogen-bond acceptors (Lipinski definition) is 2. The summed E-state index contributed by atoms with van der Waals surface area (Å²) in [6, 6.07) is 4.08. The minimum Gasteiger partial charge on any atom is -0.493 e. The van der Waals surface area contributed by atoms with Gasteiger partial charge in [-0.3, -0.25) is 0 Å². The van der Waals surface area contributed by atoms with Crippen LogP contribution in [0, 0.1) is 6.92 Å². The molecule has 0 aliphatic carbocycles. The summed E-state index contributed by atoms with van der Waals surface area (Å²) in [5.41, 5.74) is 2.17. The highest BCUT2D eigenvalue weighted by atomic mass is 79.9. The number of rotatable bonds is 6. The standard InChI is InChI=1S/C15H20BrClO2/c1-11-8-13(16)9-12(10-17)15(11)19-7-3-5-14-4-2-6-18-14/h8-9,14H,2-7,10H2,1H3. The maximum atomic E-state index is 5.97. The maximum Gasteiger partial charge on any atom is 0.126 e. The molecule has 2 nitrogen and oxygen atoms in total. The molecule has 0 N–H and O–H groups in total. The Labute approximate surface area is 128 Å². The highest BCUT2D eigenvalue weighted by Crippen LogP contribution is 2.29. The molecule has 1 aliphatic heterocycles. The lowest BCUT2D eigenvalue weighted by molar-refractivity contribution is 0.0980. The number of benzene rings is 1. The average Bonchev–Trinajstić information content (AvgIpc) is 2.89. The Morgan fingerprint density at radius 2 is 2.32 bits per heavy atom. The molecular formula is C15H20BrClO2. The Kier molecular flexibility index (Phi) is 5.99. The monoisotopic (exact) mass is 346 g/mol. The van der Waals surface area contributed by atoms with Crippen molar-refractivity contribution in [1.29, 1.82) is 0 Å². The third-order valence-electron chi connectivity index (χ3n) is 3.40. The number of aryl methyl sites for hydroxylation is 1. The van der Waals surface area contributed by atoms with E-state index < -0.39 is 0 Å². The van der Waals surface area contributed by atoms with Gasteiger partial charge in [0.15, 0.2) is 0 Å². The predicted molar refractivity (Wildman–Crippen MR) is 82.1 cm³/mol. The van der Waals surface area contributed by atoms with Crippen molar-refractivity contribution in [3.8, 4) is 5.75 Å². The first kappa shape index (κ1) is 15.1. The van der Waals surface area contributed by atoms with Crippen molar-refractivity contribution in [3.63, 3.8) is 0 Å². The van der Waals surface area contributed by atoms with Crippen LogP contribution >= 0.6 is 27.5 Å². The van der Waals surface area contributed by atoms with E-state index in [-0.39, 0.29) is 0 Å². The van der Waals surface area contributed by atoms with E-state index in [0.717, 1.165) is 47.4 Å². The first-order valence-corrected chi connectivity index (χ1v) is 8.13. The third-order valence-corrected chi connectivity index (χ3v) is 4.15. The fourth-order valence-corrected chi connectivity index (χ4v) is 3.28. The van der Waals surface area contributed by atoms with Gasteiger partial charge in [-0.1, -0.05) is 15.9 Å². The van der Waals surface area contributed by atoms with E-state index in [0.29, 0.717) is 12.0 Å². The number of ether oxygens (including phenoxy) is 2. The van der Waals surface area contributed by atoms with Gasteiger partial charge in [0.05, 0.1) is 18.6 Å². The van der Waals surface area contributed by atoms with Crippen molar-refractivity contribution < 1.29 is 9.47 Å². The second kappa shape index (κ2) is 7.51. The number of hydrogen-bond donors (Lipinski definition) is 0. The smallest absolute Gasteiger partial charge is 0.126 e. The normalized spacial score (nSPS) is 18.8. The summed E-state index contributed by atoms with van der Waals surface area (Å²) in [6.45, 7) is 3.70. The molecule has 0 radical (unpaired) electrons. The molecule has 1 aromatic rings. The molecule has 2 rings (SSSR count). The zero-order valence-corrected chi connectivity index (χ0v) is 13.6. The minimum atomic E-state index is 0.446. The number of halogens is 2. The van der Waals surface area contributed by atoms with Crippen LogP contribution in [0.5, 0.6) is 5.75 Å². The fraction of sp³-hybridized carbons (Fsp3) is 0.600. The highest BCUT2D eigenvalue weighted by molar-refractivity contribution is 9.10. The van der Waals surface area contributed by atoms with E-state index in [1.165, 1.54) is 12.8 Å². The topological polar surface area (TPSA) is 18.5 Å². The molecule has 0 saturated carbocycles.